The second kappa shape index (κ2) is 9.36. The Balaban J connectivity index is 1.33. The quantitative estimate of drug-likeness (QED) is 0.691. The molecule has 0 unspecified atom stereocenters. The number of hydrogen-bond donors (Lipinski definition) is 2. The number of anilines is 3. The minimum Gasteiger partial charge on any atom is -0.376 e. The molecule has 3 aliphatic heterocycles. The first-order valence-electron chi connectivity index (χ1n) is 11.4. The number of rotatable bonds is 5. The van der Waals surface area contributed by atoms with Gasteiger partial charge in [0, 0.05) is 45.4 Å². The number of hydrogen-bond acceptors (Lipinski definition) is 6. The Labute approximate surface area is 189 Å². The summed E-state index contributed by atoms with van der Waals surface area (Å²) in [6.45, 7) is 5.46. The lowest BCUT2D eigenvalue weighted by Crippen LogP contribution is -2.36. The average molecular weight is 439 g/mol. The molecule has 8 heteroatoms. The summed E-state index contributed by atoms with van der Waals surface area (Å²) in [5, 5.41) is 7.03. The highest BCUT2D eigenvalue weighted by molar-refractivity contribution is 7.80. The van der Waals surface area contributed by atoms with Crippen LogP contribution in [0.15, 0.2) is 30.3 Å². The fourth-order valence-electron chi connectivity index (χ4n) is 4.60. The highest BCUT2D eigenvalue weighted by Crippen LogP contribution is 2.28. The molecule has 2 fully saturated rings. The Kier molecular flexibility index (Phi) is 6.18. The first-order chi connectivity index (χ1) is 15.2. The third-order valence-electron chi connectivity index (χ3n) is 6.32. The van der Waals surface area contributed by atoms with E-state index in [1.807, 2.05) is 0 Å². The van der Waals surface area contributed by atoms with Crippen molar-refractivity contribution in [2.24, 2.45) is 0 Å². The summed E-state index contributed by atoms with van der Waals surface area (Å²) >= 11 is 5.52. The van der Waals surface area contributed by atoms with Gasteiger partial charge >= 0.3 is 0 Å². The van der Waals surface area contributed by atoms with Crippen LogP contribution in [0.3, 0.4) is 0 Å². The second-order valence-electron chi connectivity index (χ2n) is 8.51. The first-order valence-corrected chi connectivity index (χ1v) is 11.8. The van der Waals surface area contributed by atoms with Gasteiger partial charge in [0.2, 0.25) is 5.95 Å². The molecule has 0 spiro atoms. The van der Waals surface area contributed by atoms with Gasteiger partial charge in [0.15, 0.2) is 5.11 Å². The molecule has 4 heterocycles. The Morgan fingerprint density at radius 3 is 2.58 bits per heavy atom. The van der Waals surface area contributed by atoms with Crippen LogP contribution in [0.25, 0.3) is 0 Å². The molecule has 164 valence electrons. The SMILES string of the molecule is S=C(NC[C@@H]1CCCO1)Nc1nc(N2CCCC2)cc(N2CCc3ccccc3C2)n1. The van der Waals surface area contributed by atoms with E-state index in [0.29, 0.717) is 17.6 Å². The second-order valence-corrected chi connectivity index (χ2v) is 8.92. The van der Waals surface area contributed by atoms with Crippen molar-refractivity contribution in [1.82, 2.24) is 15.3 Å². The molecule has 1 atom stereocenters. The molecule has 7 nitrogen and oxygen atoms in total. The van der Waals surface area contributed by atoms with Crippen molar-refractivity contribution in [1.29, 1.82) is 0 Å². The molecule has 0 amide bonds. The average Bonchev–Trinajstić information content (AvgIpc) is 3.51. The van der Waals surface area contributed by atoms with Crippen LogP contribution >= 0.6 is 12.2 Å². The molecule has 1 aromatic heterocycles. The summed E-state index contributed by atoms with van der Waals surface area (Å²) in [5.41, 5.74) is 2.81. The molecule has 31 heavy (non-hydrogen) atoms. The van der Waals surface area contributed by atoms with Crippen molar-refractivity contribution >= 4 is 34.9 Å². The van der Waals surface area contributed by atoms with E-state index in [4.69, 9.17) is 26.9 Å². The summed E-state index contributed by atoms with van der Waals surface area (Å²) in [4.78, 5) is 14.3. The molecule has 0 radical (unpaired) electrons. The van der Waals surface area contributed by atoms with Crippen molar-refractivity contribution in [2.75, 3.05) is 47.9 Å². The number of nitrogens with zero attached hydrogens (tertiary/aromatic N) is 4. The predicted octanol–water partition coefficient (Wildman–Crippen LogP) is 3.10. The molecule has 0 saturated carbocycles. The van der Waals surface area contributed by atoms with Crippen molar-refractivity contribution < 1.29 is 4.74 Å². The molecular formula is C23H30N6OS. The van der Waals surface area contributed by atoms with Crippen LogP contribution in [0.4, 0.5) is 17.6 Å². The van der Waals surface area contributed by atoms with Gasteiger partial charge in [-0.1, -0.05) is 24.3 Å². The van der Waals surface area contributed by atoms with Crippen LogP contribution in [0.2, 0.25) is 0 Å². The van der Waals surface area contributed by atoms with Gasteiger partial charge in [-0.25, -0.2) is 0 Å². The minimum absolute atomic E-state index is 0.237. The third-order valence-corrected chi connectivity index (χ3v) is 6.57. The highest BCUT2D eigenvalue weighted by atomic mass is 32.1. The standard InChI is InChI=1S/C23H30N6OS/c31-23(24-15-19-8-5-13-30-19)27-22-25-20(28-10-3-4-11-28)14-21(26-22)29-12-9-17-6-1-2-7-18(17)16-29/h1-2,6-7,14,19H,3-5,8-13,15-16H2,(H2,24,25,26,27,31)/t19-/m0/s1. The van der Waals surface area contributed by atoms with E-state index in [9.17, 15) is 0 Å². The van der Waals surface area contributed by atoms with Crippen LogP contribution in [-0.2, 0) is 17.7 Å². The third kappa shape index (κ3) is 4.91. The smallest absolute Gasteiger partial charge is 0.232 e. The number of fused-ring (bicyclic) bond motifs is 1. The molecule has 0 bridgehead atoms. The molecule has 3 aliphatic rings. The van der Waals surface area contributed by atoms with Gasteiger partial charge in [-0.15, -0.1) is 0 Å². The maximum absolute atomic E-state index is 5.67. The minimum atomic E-state index is 0.237. The van der Waals surface area contributed by atoms with E-state index in [-0.39, 0.29) is 6.10 Å². The maximum atomic E-state index is 5.67. The largest absolute Gasteiger partial charge is 0.376 e. The van der Waals surface area contributed by atoms with Crippen molar-refractivity contribution in [3.63, 3.8) is 0 Å². The fraction of sp³-hybridized carbons (Fsp3) is 0.522. The van der Waals surface area contributed by atoms with Gasteiger partial charge in [-0.2, -0.15) is 9.97 Å². The number of nitrogens with one attached hydrogen (secondary N) is 2. The van der Waals surface area contributed by atoms with E-state index in [2.05, 4.69) is 50.8 Å². The van der Waals surface area contributed by atoms with Crippen LogP contribution in [0.1, 0.15) is 36.8 Å². The van der Waals surface area contributed by atoms with Gasteiger partial charge in [0.25, 0.3) is 0 Å². The van der Waals surface area contributed by atoms with E-state index in [1.54, 1.807) is 0 Å². The van der Waals surface area contributed by atoms with Crippen LogP contribution in [0.5, 0.6) is 0 Å². The Hall–Kier alpha value is -2.45. The zero-order valence-corrected chi connectivity index (χ0v) is 18.7. The van der Waals surface area contributed by atoms with Crippen LogP contribution in [-0.4, -0.2) is 54.0 Å². The van der Waals surface area contributed by atoms with Crippen molar-refractivity contribution in [3.05, 3.63) is 41.5 Å². The molecular weight excluding hydrogens is 408 g/mol. The van der Waals surface area contributed by atoms with Crippen molar-refractivity contribution in [2.45, 2.75) is 44.8 Å². The number of thiocarbonyl (C=S) groups is 1. The molecule has 0 aliphatic carbocycles. The molecule has 2 N–H and O–H groups in total. The number of benzene rings is 1. The van der Waals surface area contributed by atoms with Gasteiger partial charge in [0.05, 0.1) is 6.10 Å². The lowest BCUT2D eigenvalue weighted by atomic mass is 10.00. The van der Waals surface area contributed by atoms with E-state index < -0.39 is 0 Å². The van der Waals surface area contributed by atoms with Gasteiger partial charge in [-0.3, -0.25) is 0 Å². The molecule has 1 aromatic carbocycles. The first kappa shape index (κ1) is 20.5. The lowest BCUT2D eigenvalue weighted by Gasteiger charge is -2.30. The van der Waals surface area contributed by atoms with Crippen LogP contribution < -0.4 is 20.4 Å². The summed E-state index contributed by atoms with van der Waals surface area (Å²) in [5.74, 6) is 2.49. The van der Waals surface area contributed by atoms with E-state index in [0.717, 1.165) is 63.7 Å². The van der Waals surface area contributed by atoms with E-state index >= 15 is 0 Å². The fourth-order valence-corrected chi connectivity index (χ4v) is 4.77. The van der Waals surface area contributed by atoms with Gasteiger partial charge < -0.3 is 25.2 Å². The zero-order chi connectivity index (χ0) is 21.0. The summed E-state index contributed by atoms with van der Waals surface area (Å²) in [7, 11) is 0. The monoisotopic (exact) mass is 438 g/mol. The molecule has 2 saturated heterocycles. The topological polar surface area (TPSA) is 65.6 Å². The predicted molar refractivity (Wildman–Crippen MR) is 128 cm³/mol. The van der Waals surface area contributed by atoms with E-state index in [1.165, 1.54) is 24.0 Å². The zero-order valence-electron chi connectivity index (χ0n) is 17.8. The highest BCUT2D eigenvalue weighted by Gasteiger charge is 2.22. The maximum Gasteiger partial charge on any atom is 0.232 e. The molecule has 5 rings (SSSR count). The molecule has 2 aromatic rings. The lowest BCUT2D eigenvalue weighted by molar-refractivity contribution is 0.114. The Bertz CT molecular complexity index is 926. The normalized spacial score (nSPS) is 20.6. The number of aromatic nitrogens is 2. The van der Waals surface area contributed by atoms with Crippen LogP contribution in [0, 0.1) is 0 Å². The van der Waals surface area contributed by atoms with Crippen molar-refractivity contribution in [3.8, 4) is 0 Å². The van der Waals surface area contributed by atoms with Gasteiger partial charge in [-0.05, 0) is 55.4 Å². The number of ether oxygens (including phenoxy) is 1. The summed E-state index contributed by atoms with van der Waals surface area (Å²) in [6, 6.07) is 10.8. The Morgan fingerprint density at radius 2 is 1.81 bits per heavy atom. The summed E-state index contributed by atoms with van der Waals surface area (Å²) in [6.07, 6.45) is 5.89. The summed E-state index contributed by atoms with van der Waals surface area (Å²) < 4.78 is 5.67. The van der Waals surface area contributed by atoms with Gasteiger partial charge in [0.1, 0.15) is 11.6 Å². The Morgan fingerprint density at radius 1 is 1.03 bits per heavy atom.